The second-order valence-electron chi connectivity index (χ2n) is 6.44. The van der Waals surface area contributed by atoms with E-state index in [0.29, 0.717) is 37.8 Å². The Kier molecular flexibility index (Phi) is 4.93. The maximum atomic E-state index is 12.6. The average molecular weight is 319 g/mol. The molecule has 0 unspecified atom stereocenters. The van der Waals surface area contributed by atoms with E-state index in [-0.39, 0.29) is 17.7 Å². The zero-order chi connectivity index (χ0) is 16.2. The third-order valence-corrected chi connectivity index (χ3v) is 4.76. The first-order chi connectivity index (χ1) is 11.2. The normalized spacial score (nSPS) is 18.6. The van der Waals surface area contributed by atoms with Gasteiger partial charge in [0, 0.05) is 25.6 Å². The number of amides is 2. The maximum absolute atomic E-state index is 12.6. The summed E-state index contributed by atoms with van der Waals surface area (Å²) in [6.45, 7) is 4.33. The molecule has 2 heterocycles. The summed E-state index contributed by atoms with van der Waals surface area (Å²) in [5, 5.41) is 11.0. The lowest BCUT2D eigenvalue weighted by atomic mass is 9.88. The van der Waals surface area contributed by atoms with Crippen LogP contribution in [0.3, 0.4) is 0 Å². The molecular formula is C16H25N5O2. The molecule has 0 atom stereocenters. The lowest BCUT2D eigenvalue weighted by molar-refractivity contribution is -0.138. The predicted molar refractivity (Wildman–Crippen MR) is 84.6 cm³/mol. The molecule has 1 saturated carbocycles. The number of hydrogen-bond acceptors (Lipinski definition) is 4. The standard InChI is InChI=1S/C16H25N5O2/c1-2-8-17-15(22)14-19-18-13-11-20(9-10-21(13)14)16(23)12-6-4-3-5-7-12/h12H,2-11H2,1H3,(H,17,22). The highest BCUT2D eigenvalue weighted by Gasteiger charge is 2.31. The van der Waals surface area contributed by atoms with Crippen LogP contribution < -0.4 is 5.32 Å². The Hall–Kier alpha value is -1.92. The number of rotatable bonds is 4. The van der Waals surface area contributed by atoms with Gasteiger partial charge in [-0.2, -0.15) is 0 Å². The minimum atomic E-state index is -0.183. The van der Waals surface area contributed by atoms with E-state index in [4.69, 9.17) is 0 Å². The van der Waals surface area contributed by atoms with Crippen molar-refractivity contribution < 1.29 is 9.59 Å². The van der Waals surface area contributed by atoms with Crippen LogP contribution in [0.25, 0.3) is 0 Å². The Morgan fingerprint density at radius 2 is 1.96 bits per heavy atom. The van der Waals surface area contributed by atoms with Crippen molar-refractivity contribution in [2.24, 2.45) is 5.92 Å². The fourth-order valence-corrected chi connectivity index (χ4v) is 3.44. The summed E-state index contributed by atoms with van der Waals surface area (Å²) in [6, 6.07) is 0. The molecule has 1 aromatic heterocycles. The molecular weight excluding hydrogens is 294 g/mol. The Bertz CT molecular complexity index is 577. The number of carbonyl (C=O) groups is 2. The van der Waals surface area contributed by atoms with Gasteiger partial charge in [-0.3, -0.25) is 9.59 Å². The van der Waals surface area contributed by atoms with Crippen LogP contribution >= 0.6 is 0 Å². The molecule has 0 bridgehead atoms. The first-order valence-corrected chi connectivity index (χ1v) is 8.69. The zero-order valence-electron chi connectivity index (χ0n) is 13.8. The van der Waals surface area contributed by atoms with Gasteiger partial charge < -0.3 is 14.8 Å². The van der Waals surface area contributed by atoms with E-state index in [0.717, 1.165) is 32.1 Å². The SMILES string of the molecule is CCCNC(=O)c1nnc2n1CCN(C(=O)C1CCCCC1)C2. The third-order valence-electron chi connectivity index (χ3n) is 4.76. The van der Waals surface area contributed by atoms with Gasteiger partial charge in [0.1, 0.15) is 0 Å². The second-order valence-corrected chi connectivity index (χ2v) is 6.44. The molecule has 0 radical (unpaired) electrons. The monoisotopic (exact) mass is 319 g/mol. The highest BCUT2D eigenvalue weighted by Crippen LogP contribution is 2.26. The fraction of sp³-hybridized carbons (Fsp3) is 0.750. The minimum absolute atomic E-state index is 0.172. The van der Waals surface area contributed by atoms with Gasteiger partial charge in [-0.15, -0.1) is 10.2 Å². The Labute approximate surface area is 136 Å². The summed E-state index contributed by atoms with van der Waals surface area (Å²) in [5.74, 6) is 1.31. The maximum Gasteiger partial charge on any atom is 0.289 e. The summed E-state index contributed by atoms with van der Waals surface area (Å²) >= 11 is 0. The van der Waals surface area contributed by atoms with Crippen molar-refractivity contribution in [2.75, 3.05) is 13.1 Å². The Morgan fingerprint density at radius 3 is 2.70 bits per heavy atom. The zero-order valence-corrected chi connectivity index (χ0v) is 13.8. The van der Waals surface area contributed by atoms with E-state index in [9.17, 15) is 9.59 Å². The van der Waals surface area contributed by atoms with Crippen molar-refractivity contribution >= 4 is 11.8 Å². The van der Waals surface area contributed by atoms with Crippen LogP contribution in [0, 0.1) is 5.92 Å². The van der Waals surface area contributed by atoms with Crippen molar-refractivity contribution in [3.8, 4) is 0 Å². The Balaban J connectivity index is 1.66. The van der Waals surface area contributed by atoms with Crippen molar-refractivity contribution in [3.63, 3.8) is 0 Å². The van der Waals surface area contributed by atoms with Crippen LogP contribution in [0.1, 0.15) is 61.9 Å². The van der Waals surface area contributed by atoms with E-state index >= 15 is 0 Å². The summed E-state index contributed by atoms with van der Waals surface area (Å²) in [6.07, 6.45) is 6.45. The second kappa shape index (κ2) is 7.10. The van der Waals surface area contributed by atoms with Crippen LogP contribution in [-0.4, -0.2) is 44.6 Å². The van der Waals surface area contributed by atoms with Crippen molar-refractivity contribution in [3.05, 3.63) is 11.6 Å². The molecule has 0 spiro atoms. The van der Waals surface area contributed by atoms with Crippen molar-refractivity contribution in [1.29, 1.82) is 0 Å². The number of nitrogens with one attached hydrogen (secondary N) is 1. The summed E-state index contributed by atoms with van der Waals surface area (Å²) in [5.41, 5.74) is 0. The lowest BCUT2D eigenvalue weighted by Gasteiger charge is -2.32. The van der Waals surface area contributed by atoms with Crippen molar-refractivity contribution in [2.45, 2.75) is 58.5 Å². The molecule has 2 amide bonds. The molecule has 1 aromatic rings. The van der Waals surface area contributed by atoms with E-state index in [2.05, 4.69) is 15.5 Å². The lowest BCUT2D eigenvalue weighted by Crippen LogP contribution is -2.43. The molecule has 23 heavy (non-hydrogen) atoms. The van der Waals surface area contributed by atoms with Crippen LogP contribution in [0.15, 0.2) is 0 Å². The molecule has 7 nitrogen and oxygen atoms in total. The number of hydrogen-bond donors (Lipinski definition) is 1. The average Bonchev–Trinajstić information content (AvgIpc) is 3.03. The summed E-state index contributed by atoms with van der Waals surface area (Å²) < 4.78 is 1.84. The van der Waals surface area contributed by atoms with E-state index in [1.54, 1.807) is 0 Å². The van der Waals surface area contributed by atoms with Crippen molar-refractivity contribution in [1.82, 2.24) is 25.0 Å². The van der Waals surface area contributed by atoms with E-state index in [1.807, 2.05) is 16.4 Å². The van der Waals surface area contributed by atoms with Gasteiger partial charge in [-0.1, -0.05) is 26.2 Å². The van der Waals surface area contributed by atoms with Gasteiger partial charge in [-0.05, 0) is 19.3 Å². The number of fused-ring (bicyclic) bond motifs is 1. The summed E-state index contributed by atoms with van der Waals surface area (Å²) in [4.78, 5) is 26.6. The summed E-state index contributed by atoms with van der Waals surface area (Å²) in [7, 11) is 0. The van der Waals surface area contributed by atoms with Gasteiger partial charge in [0.15, 0.2) is 5.82 Å². The molecule has 1 N–H and O–H groups in total. The van der Waals surface area contributed by atoms with Gasteiger partial charge in [0.25, 0.3) is 5.91 Å². The molecule has 1 fully saturated rings. The molecule has 0 saturated heterocycles. The molecule has 1 aliphatic heterocycles. The predicted octanol–water partition coefficient (Wildman–Crippen LogP) is 1.34. The molecule has 126 valence electrons. The van der Waals surface area contributed by atoms with E-state index < -0.39 is 0 Å². The smallest absolute Gasteiger partial charge is 0.289 e. The molecule has 0 aromatic carbocycles. The van der Waals surface area contributed by atoms with Crippen LogP contribution in [-0.2, 0) is 17.9 Å². The van der Waals surface area contributed by atoms with Crippen LogP contribution in [0.4, 0.5) is 0 Å². The number of nitrogens with zero attached hydrogens (tertiary/aromatic N) is 4. The highest BCUT2D eigenvalue weighted by atomic mass is 16.2. The topological polar surface area (TPSA) is 80.1 Å². The fourth-order valence-electron chi connectivity index (χ4n) is 3.44. The van der Waals surface area contributed by atoms with E-state index in [1.165, 1.54) is 6.42 Å². The van der Waals surface area contributed by atoms with Crippen LogP contribution in [0.5, 0.6) is 0 Å². The van der Waals surface area contributed by atoms with Gasteiger partial charge in [0.05, 0.1) is 6.54 Å². The first kappa shape index (κ1) is 16.0. The number of carbonyl (C=O) groups excluding carboxylic acids is 2. The number of aromatic nitrogens is 3. The van der Waals surface area contributed by atoms with Gasteiger partial charge >= 0.3 is 0 Å². The third kappa shape index (κ3) is 3.38. The van der Waals surface area contributed by atoms with Gasteiger partial charge in [-0.25, -0.2) is 0 Å². The molecule has 1 aliphatic carbocycles. The molecule has 7 heteroatoms. The first-order valence-electron chi connectivity index (χ1n) is 8.69. The molecule has 3 rings (SSSR count). The quantitative estimate of drug-likeness (QED) is 0.908. The minimum Gasteiger partial charge on any atom is -0.349 e. The highest BCUT2D eigenvalue weighted by molar-refractivity contribution is 5.90. The van der Waals surface area contributed by atoms with Crippen LogP contribution in [0.2, 0.25) is 0 Å². The largest absolute Gasteiger partial charge is 0.349 e. The Morgan fingerprint density at radius 1 is 1.17 bits per heavy atom. The molecule has 2 aliphatic rings. The van der Waals surface area contributed by atoms with Gasteiger partial charge in [0.2, 0.25) is 11.7 Å².